The molecule has 12 heavy (non-hydrogen) atoms. The molecule has 0 saturated carbocycles. The molecule has 5 nitrogen and oxygen atoms in total. The first kappa shape index (κ1) is 11.8. The van der Waals surface area contributed by atoms with E-state index >= 15 is 0 Å². The van der Waals surface area contributed by atoms with E-state index in [-0.39, 0.29) is 13.2 Å². The van der Waals surface area contributed by atoms with Gasteiger partial charge in [0.1, 0.15) is 0 Å². The molecule has 6 heteroatoms. The molecule has 0 spiro atoms. The summed E-state index contributed by atoms with van der Waals surface area (Å²) in [5, 5.41) is 8.33. The van der Waals surface area contributed by atoms with Gasteiger partial charge in [0.05, 0.1) is 26.1 Å². The Morgan fingerprint density at radius 1 is 1.42 bits per heavy atom. The third-order valence-electron chi connectivity index (χ3n) is 1.35. The molecule has 0 atom stereocenters. The van der Waals surface area contributed by atoms with Crippen molar-refractivity contribution in [3.63, 3.8) is 0 Å². The van der Waals surface area contributed by atoms with E-state index in [0.717, 1.165) is 6.26 Å². The summed E-state index contributed by atoms with van der Waals surface area (Å²) in [5.41, 5.74) is 0. The van der Waals surface area contributed by atoms with Gasteiger partial charge in [0.25, 0.3) is 0 Å². The number of rotatable bonds is 6. The van der Waals surface area contributed by atoms with Gasteiger partial charge in [0, 0.05) is 13.6 Å². The number of sulfonamides is 1. The second-order valence-corrected chi connectivity index (χ2v) is 4.51. The minimum absolute atomic E-state index is 0.0391. The van der Waals surface area contributed by atoms with Gasteiger partial charge >= 0.3 is 0 Å². The van der Waals surface area contributed by atoms with Gasteiger partial charge in [0.15, 0.2) is 0 Å². The fourth-order valence-electron chi connectivity index (χ4n) is 0.526. The lowest BCUT2D eigenvalue weighted by molar-refractivity contribution is 0.0877. The third kappa shape index (κ3) is 5.48. The van der Waals surface area contributed by atoms with Gasteiger partial charge < -0.3 is 9.84 Å². The molecular formula is C6H15NO4S. The molecule has 0 aromatic rings. The predicted molar refractivity (Wildman–Crippen MR) is 45.4 cm³/mol. The molecule has 0 rings (SSSR count). The number of aliphatic hydroxyl groups is 1. The van der Waals surface area contributed by atoms with Crippen LogP contribution in [-0.4, -0.2) is 57.5 Å². The Hall–Kier alpha value is -0.170. The van der Waals surface area contributed by atoms with Crippen molar-refractivity contribution < 1.29 is 18.3 Å². The fraction of sp³-hybridized carbons (Fsp3) is 1.00. The van der Waals surface area contributed by atoms with Gasteiger partial charge in [-0.15, -0.1) is 0 Å². The zero-order chi connectivity index (χ0) is 9.61. The maximum atomic E-state index is 10.8. The lowest BCUT2D eigenvalue weighted by Crippen LogP contribution is -2.29. The molecule has 0 radical (unpaired) electrons. The van der Waals surface area contributed by atoms with Crippen LogP contribution in [0.2, 0.25) is 0 Å². The summed E-state index contributed by atoms with van der Waals surface area (Å²) in [5.74, 6) is 0. The second-order valence-electron chi connectivity index (χ2n) is 2.42. The normalized spacial score (nSPS) is 12.3. The minimum Gasteiger partial charge on any atom is -0.394 e. The van der Waals surface area contributed by atoms with E-state index in [1.807, 2.05) is 0 Å². The van der Waals surface area contributed by atoms with E-state index in [1.165, 1.54) is 11.4 Å². The summed E-state index contributed by atoms with van der Waals surface area (Å²) in [7, 11) is -1.62. The van der Waals surface area contributed by atoms with Crippen molar-refractivity contribution in [3.05, 3.63) is 0 Å². The van der Waals surface area contributed by atoms with Crippen molar-refractivity contribution in [1.29, 1.82) is 0 Å². The van der Waals surface area contributed by atoms with Crippen LogP contribution in [-0.2, 0) is 14.8 Å². The Balaban J connectivity index is 3.52. The molecule has 0 heterocycles. The predicted octanol–water partition coefficient (Wildman–Crippen LogP) is -1.11. The van der Waals surface area contributed by atoms with Gasteiger partial charge in [-0.25, -0.2) is 12.7 Å². The van der Waals surface area contributed by atoms with Crippen LogP contribution in [0.1, 0.15) is 0 Å². The Bertz CT molecular complexity index is 202. The summed E-state index contributed by atoms with van der Waals surface area (Å²) in [6, 6.07) is 0. The lowest BCUT2D eigenvalue weighted by atomic mass is 10.7. The standard InChI is InChI=1S/C6H15NO4S/c1-7(12(2,9)10)3-5-11-6-4-8/h8H,3-6H2,1-2H3. The van der Waals surface area contributed by atoms with Gasteiger partial charge in [-0.3, -0.25) is 0 Å². The first-order valence-electron chi connectivity index (χ1n) is 3.58. The van der Waals surface area contributed by atoms with Crippen LogP contribution in [0.3, 0.4) is 0 Å². The summed E-state index contributed by atoms with van der Waals surface area (Å²) in [6.07, 6.45) is 1.14. The number of aliphatic hydroxyl groups excluding tert-OH is 1. The van der Waals surface area contributed by atoms with E-state index in [0.29, 0.717) is 13.2 Å². The molecule has 0 aliphatic heterocycles. The van der Waals surface area contributed by atoms with Gasteiger partial charge in [-0.2, -0.15) is 0 Å². The monoisotopic (exact) mass is 197 g/mol. The highest BCUT2D eigenvalue weighted by Gasteiger charge is 2.09. The van der Waals surface area contributed by atoms with Crippen LogP contribution in [0.25, 0.3) is 0 Å². The first-order chi connectivity index (χ1) is 5.48. The maximum Gasteiger partial charge on any atom is 0.211 e. The van der Waals surface area contributed by atoms with Gasteiger partial charge in [-0.05, 0) is 0 Å². The molecule has 0 unspecified atom stereocenters. The number of ether oxygens (including phenoxy) is 1. The number of hydrogen-bond acceptors (Lipinski definition) is 4. The average molecular weight is 197 g/mol. The second kappa shape index (κ2) is 5.47. The highest BCUT2D eigenvalue weighted by molar-refractivity contribution is 7.88. The van der Waals surface area contributed by atoms with E-state index in [1.54, 1.807) is 0 Å². The molecule has 0 bridgehead atoms. The topological polar surface area (TPSA) is 66.8 Å². The lowest BCUT2D eigenvalue weighted by Gasteiger charge is -2.13. The smallest absolute Gasteiger partial charge is 0.211 e. The van der Waals surface area contributed by atoms with E-state index in [4.69, 9.17) is 9.84 Å². The van der Waals surface area contributed by atoms with Crippen molar-refractivity contribution in [1.82, 2.24) is 4.31 Å². The number of hydrogen-bond donors (Lipinski definition) is 1. The largest absolute Gasteiger partial charge is 0.394 e. The molecule has 0 aromatic heterocycles. The molecular weight excluding hydrogens is 182 g/mol. The minimum atomic E-state index is -3.10. The molecule has 0 aliphatic carbocycles. The van der Waals surface area contributed by atoms with E-state index in [2.05, 4.69) is 0 Å². The summed E-state index contributed by atoms with van der Waals surface area (Å²) in [6.45, 7) is 0.836. The van der Waals surface area contributed by atoms with Crippen LogP contribution in [0.15, 0.2) is 0 Å². The first-order valence-corrected chi connectivity index (χ1v) is 5.43. The molecule has 1 N–H and O–H groups in total. The average Bonchev–Trinajstić information content (AvgIpc) is 1.96. The quantitative estimate of drug-likeness (QED) is 0.548. The van der Waals surface area contributed by atoms with Gasteiger partial charge in [-0.1, -0.05) is 0 Å². The SMILES string of the molecule is CN(CCOCCO)S(C)(=O)=O. The third-order valence-corrected chi connectivity index (χ3v) is 2.67. The summed E-state index contributed by atoms with van der Waals surface area (Å²) < 4.78 is 27.7. The van der Waals surface area contributed by atoms with E-state index in [9.17, 15) is 8.42 Å². The highest BCUT2D eigenvalue weighted by atomic mass is 32.2. The Morgan fingerprint density at radius 2 is 2.00 bits per heavy atom. The Labute approximate surface area is 73.0 Å². The maximum absolute atomic E-state index is 10.8. The van der Waals surface area contributed by atoms with Crippen molar-refractivity contribution in [2.24, 2.45) is 0 Å². The van der Waals surface area contributed by atoms with Crippen molar-refractivity contribution in [2.75, 3.05) is 39.7 Å². The molecule has 0 fully saturated rings. The van der Waals surface area contributed by atoms with Crippen molar-refractivity contribution in [2.45, 2.75) is 0 Å². The fourth-order valence-corrected chi connectivity index (χ4v) is 0.932. The Morgan fingerprint density at radius 3 is 2.42 bits per heavy atom. The Kier molecular flexibility index (Phi) is 5.39. The summed E-state index contributed by atoms with van der Waals surface area (Å²) >= 11 is 0. The van der Waals surface area contributed by atoms with Gasteiger partial charge in [0.2, 0.25) is 10.0 Å². The van der Waals surface area contributed by atoms with Crippen LogP contribution in [0.4, 0.5) is 0 Å². The zero-order valence-electron chi connectivity index (χ0n) is 7.36. The van der Waals surface area contributed by atoms with Crippen LogP contribution < -0.4 is 0 Å². The summed E-state index contributed by atoms with van der Waals surface area (Å²) in [4.78, 5) is 0. The number of nitrogens with zero attached hydrogens (tertiary/aromatic N) is 1. The van der Waals surface area contributed by atoms with Crippen LogP contribution in [0, 0.1) is 0 Å². The molecule has 0 amide bonds. The van der Waals surface area contributed by atoms with Crippen molar-refractivity contribution in [3.8, 4) is 0 Å². The zero-order valence-corrected chi connectivity index (χ0v) is 8.17. The number of likely N-dealkylation sites (N-methyl/N-ethyl adjacent to an activating group) is 1. The van der Waals surface area contributed by atoms with Crippen LogP contribution in [0.5, 0.6) is 0 Å². The van der Waals surface area contributed by atoms with Crippen LogP contribution >= 0.6 is 0 Å². The molecule has 74 valence electrons. The van der Waals surface area contributed by atoms with Crippen molar-refractivity contribution >= 4 is 10.0 Å². The molecule has 0 aromatic carbocycles. The molecule has 0 aliphatic rings. The molecule has 0 saturated heterocycles. The van der Waals surface area contributed by atoms with E-state index < -0.39 is 10.0 Å². The highest BCUT2D eigenvalue weighted by Crippen LogP contribution is 1.91.